The lowest BCUT2D eigenvalue weighted by molar-refractivity contribution is -0.122. The van der Waals surface area contributed by atoms with Crippen LogP contribution in [-0.4, -0.2) is 59.8 Å². The SMILES string of the molecule is Cc1cc(N2CCN(CC(=O)NC(C)C)CC2)nnc1C. The molecule has 1 saturated heterocycles. The van der Waals surface area contributed by atoms with Crippen molar-refractivity contribution in [1.82, 2.24) is 20.4 Å². The molecule has 2 rings (SSSR count). The molecule has 0 bridgehead atoms. The van der Waals surface area contributed by atoms with Crippen LogP contribution >= 0.6 is 0 Å². The Hall–Kier alpha value is -1.69. The summed E-state index contributed by atoms with van der Waals surface area (Å²) in [5, 5.41) is 11.4. The molecular weight excluding hydrogens is 266 g/mol. The smallest absolute Gasteiger partial charge is 0.234 e. The molecule has 1 fully saturated rings. The molecule has 6 nitrogen and oxygen atoms in total. The number of piperazine rings is 1. The fraction of sp³-hybridized carbons (Fsp3) is 0.667. The maximum absolute atomic E-state index is 11.8. The Morgan fingerprint density at radius 2 is 1.90 bits per heavy atom. The van der Waals surface area contributed by atoms with Crippen molar-refractivity contribution < 1.29 is 4.79 Å². The predicted octanol–water partition coefficient (Wildman–Crippen LogP) is 0.740. The van der Waals surface area contributed by atoms with E-state index in [1.165, 1.54) is 5.56 Å². The Bertz CT molecular complexity index is 495. The molecule has 21 heavy (non-hydrogen) atoms. The Morgan fingerprint density at radius 3 is 2.48 bits per heavy atom. The number of carbonyl (C=O) groups excluding carboxylic acids is 1. The summed E-state index contributed by atoms with van der Waals surface area (Å²) in [5.74, 6) is 1.04. The van der Waals surface area contributed by atoms with E-state index in [0.717, 1.165) is 37.7 Å². The predicted molar refractivity (Wildman–Crippen MR) is 83.4 cm³/mol. The van der Waals surface area contributed by atoms with E-state index in [2.05, 4.69) is 38.3 Å². The second-order valence-corrected chi connectivity index (χ2v) is 5.96. The van der Waals surface area contributed by atoms with Crippen molar-refractivity contribution in [3.05, 3.63) is 17.3 Å². The van der Waals surface area contributed by atoms with Gasteiger partial charge in [0.15, 0.2) is 5.82 Å². The Labute approximate surface area is 126 Å². The first-order valence-corrected chi connectivity index (χ1v) is 7.53. The maximum atomic E-state index is 11.8. The van der Waals surface area contributed by atoms with Crippen molar-refractivity contribution >= 4 is 11.7 Å². The third-order valence-electron chi connectivity index (χ3n) is 3.73. The van der Waals surface area contributed by atoms with Crippen LogP contribution in [0.3, 0.4) is 0 Å². The highest BCUT2D eigenvalue weighted by atomic mass is 16.2. The second-order valence-electron chi connectivity index (χ2n) is 5.96. The van der Waals surface area contributed by atoms with Crippen molar-refractivity contribution in [2.45, 2.75) is 33.7 Å². The van der Waals surface area contributed by atoms with Gasteiger partial charge >= 0.3 is 0 Å². The monoisotopic (exact) mass is 291 g/mol. The topological polar surface area (TPSA) is 61.4 Å². The van der Waals surface area contributed by atoms with E-state index in [1.807, 2.05) is 20.8 Å². The van der Waals surface area contributed by atoms with Crippen molar-refractivity contribution in [1.29, 1.82) is 0 Å². The van der Waals surface area contributed by atoms with Crippen LogP contribution in [0.15, 0.2) is 6.07 Å². The summed E-state index contributed by atoms with van der Waals surface area (Å²) in [4.78, 5) is 16.2. The van der Waals surface area contributed by atoms with Crippen LogP contribution in [0.2, 0.25) is 0 Å². The molecule has 0 aromatic carbocycles. The minimum Gasteiger partial charge on any atom is -0.353 e. The Balaban J connectivity index is 1.85. The molecule has 0 atom stereocenters. The molecule has 1 aromatic heterocycles. The van der Waals surface area contributed by atoms with E-state index >= 15 is 0 Å². The average molecular weight is 291 g/mol. The van der Waals surface area contributed by atoms with Crippen LogP contribution in [-0.2, 0) is 4.79 Å². The van der Waals surface area contributed by atoms with E-state index < -0.39 is 0 Å². The number of hydrogen-bond acceptors (Lipinski definition) is 5. The molecule has 0 aliphatic carbocycles. The average Bonchev–Trinajstić information content (AvgIpc) is 2.42. The summed E-state index contributed by atoms with van der Waals surface area (Å²) in [5.41, 5.74) is 2.14. The third kappa shape index (κ3) is 4.39. The first-order chi connectivity index (χ1) is 9.95. The van der Waals surface area contributed by atoms with Gasteiger partial charge in [-0.1, -0.05) is 0 Å². The van der Waals surface area contributed by atoms with Gasteiger partial charge in [-0.2, -0.15) is 5.10 Å². The summed E-state index contributed by atoms with van der Waals surface area (Å²) in [7, 11) is 0. The van der Waals surface area contributed by atoms with Gasteiger partial charge < -0.3 is 10.2 Å². The molecule has 1 aliphatic rings. The number of nitrogens with one attached hydrogen (secondary N) is 1. The van der Waals surface area contributed by atoms with Gasteiger partial charge in [-0.15, -0.1) is 5.10 Å². The normalized spacial score (nSPS) is 16.3. The van der Waals surface area contributed by atoms with Gasteiger partial charge in [-0.05, 0) is 39.3 Å². The highest BCUT2D eigenvalue weighted by Crippen LogP contribution is 2.15. The van der Waals surface area contributed by atoms with E-state index in [9.17, 15) is 4.79 Å². The van der Waals surface area contributed by atoms with Crippen LogP contribution < -0.4 is 10.2 Å². The fourth-order valence-electron chi connectivity index (χ4n) is 2.39. The lowest BCUT2D eigenvalue weighted by Crippen LogP contribution is -2.50. The van der Waals surface area contributed by atoms with E-state index in [-0.39, 0.29) is 11.9 Å². The highest BCUT2D eigenvalue weighted by Gasteiger charge is 2.20. The van der Waals surface area contributed by atoms with E-state index in [0.29, 0.717) is 6.54 Å². The second kappa shape index (κ2) is 6.85. The van der Waals surface area contributed by atoms with Gasteiger partial charge in [-0.25, -0.2) is 0 Å². The highest BCUT2D eigenvalue weighted by molar-refractivity contribution is 5.78. The van der Waals surface area contributed by atoms with Crippen LogP contribution in [0.1, 0.15) is 25.1 Å². The maximum Gasteiger partial charge on any atom is 0.234 e. The van der Waals surface area contributed by atoms with Crippen LogP contribution in [0.5, 0.6) is 0 Å². The molecule has 2 heterocycles. The van der Waals surface area contributed by atoms with Gasteiger partial charge in [0, 0.05) is 32.2 Å². The zero-order chi connectivity index (χ0) is 15.4. The molecule has 0 unspecified atom stereocenters. The molecule has 1 amide bonds. The minimum absolute atomic E-state index is 0.101. The first-order valence-electron chi connectivity index (χ1n) is 7.53. The quantitative estimate of drug-likeness (QED) is 0.886. The van der Waals surface area contributed by atoms with Crippen molar-refractivity contribution in [2.24, 2.45) is 0 Å². The van der Waals surface area contributed by atoms with Crippen molar-refractivity contribution in [2.75, 3.05) is 37.6 Å². The number of amides is 1. The van der Waals surface area contributed by atoms with Crippen LogP contribution in [0, 0.1) is 13.8 Å². The Morgan fingerprint density at radius 1 is 1.24 bits per heavy atom. The molecule has 1 N–H and O–H groups in total. The molecule has 0 spiro atoms. The number of rotatable bonds is 4. The number of hydrogen-bond donors (Lipinski definition) is 1. The molecule has 6 heteroatoms. The van der Waals surface area contributed by atoms with Gasteiger partial charge in [0.1, 0.15) is 0 Å². The molecule has 1 aliphatic heterocycles. The lowest BCUT2D eigenvalue weighted by Gasteiger charge is -2.35. The summed E-state index contributed by atoms with van der Waals surface area (Å²) < 4.78 is 0. The zero-order valence-electron chi connectivity index (χ0n) is 13.4. The summed E-state index contributed by atoms with van der Waals surface area (Å²) >= 11 is 0. The Kier molecular flexibility index (Phi) is 5.12. The standard InChI is InChI=1S/C15H25N5O/c1-11(2)16-15(21)10-19-5-7-20(8-6-19)14-9-12(3)13(4)17-18-14/h9,11H,5-8,10H2,1-4H3,(H,16,21). The first kappa shape index (κ1) is 15.7. The molecule has 0 saturated carbocycles. The zero-order valence-corrected chi connectivity index (χ0v) is 13.4. The number of anilines is 1. The number of aromatic nitrogens is 2. The number of aryl methyl sites for hydroxylation is 2. The van der Waals surface area contributed by atoms with Crippen LogP contribution in [0.4, 0.5) is 5.82 Å². The molecule has 116 valence electrons. The van der Waals surface area contributed by atoms with Crippen molar-refractivity contribution in [3.8, 4) is 0 Å². The minimum atomic E-state index is 0.101. The van der Waals surface area contributed by atoms with Gasteiger partial charge in [0.05, 0.1) is 12.2 Å². The van der Waals surface area contributed by atoms with Gasteiger partial charge in [-0.3, -0.25) is 9.69 Å². The summed E-state index contributed by atoms with van der Waals surface area (Å²) in [6.45, 7) is 12.0. The molecule has 1 aromatic rings. The van der Waals surface area contributed by atoms with Crippen LogP contribution in [0.25, 0.3) is 0 Å². The van der Waals surface area contributed by atoms with Gasteiger partial charge in [0.2, 0.25) is 5.91 Å². The lowest BCUT2D eigenvalue weighted by atomic mass is 10.2. The fourth-order valence-corrected chi connectivity index (χ4v) is 2.39. The van der Waals surface area contributed by atoms with Gasteiger partial charge in [0.25, 0.3) is 0 Å². The summed E-state index contributed by atoms with van der Waals surface area (Å²) in [6, 6.07) is 2.29. The number of nitrogens with zero attached hydrogens (tertiary/aromatic N) is 4. The van der Waals surface area contributed by atoms with Crippen molar-refractivity contribution in [3.63, 3.8) is 0 Å². The third-order valence-corrected chi connectivity index (χ3v) is 3.73. The molecule has 0 radical (unpaired) electrons. The summed E-state index contributed by atoms with van der Waals surface area (Å²) in [6.07, 6.45) is 0. The van der Waals surface area contributed by atoms with E-state index in [1.54, 1.807) is 0 Å². The molecular formula is C15H25N5O. The van der Waals surface area contributed by atoms with E-state index in [4.69, 9.17) is 0 Å². The number of carbonyl (C=O) groups is 1. The largest absolute Gasteiger partial charge is 0.353 e.